The second kappa shape index (κ2) is 3.87. The number of hydrogen-bond acceptors (Lipinski definition) is 1. The van der Waals surface area contributed by atoms with Gasteiger partial charge in [-0.1, -0.05) is 18.6 Å². The van der Waals surface area contributed by atoms with E-state index in [4.69, 9.17) is 0 Å². The molecule has 0 aliphatic heterocycles. The summed E-state index contributed by atoms with van der Waals surface area (Å²) in [5.74, 6) is 1.28. The van der Waals surface area contributed by atoms with Gasteiger partial charge >= 0.3 is 0 Å². The Morgan fingerprint density at radius 2 is 2.06 bits per heavy atom. The van der Waals surface area contributed by atoms with Gasteiger partial charge in [0.05, 0.1) is 5.60 Å². The quantitative estimate of drug-likeness (QED) is 0.667. The van der Waals surface area contributed by atoms with Crippen LogP contribution in [0.1, 0.15) is 59.8 Å². The van der Waals surface area contributed by atoms with E-state index < -0.39 is 5.60 Å². The molecular weight excluding hydrogens is 196 g/mol. The van der Waals surface area contributed by atoms with E-state index in [1.807, 2.05) is 13.8 Å². The average molecular weight is 222 g/mol. The minimum atomic E-state index is -0.499. The zero-order valence-corrected chi connectivity index (χ0v) is 11.2. The van der Waals surface area contributed by atoms with Crippen LogP contribution in [-0.4, -0.2) is 10.7 Å². The highest BCUT2D eigenvalue weighted by Crippen LogP contribution is 2.56. The number of aliphatic hydroxyl groups is 1. The van der Waals surface area contributed by atoms with Gasteiger partial charge in [-0.2, -0.15) is 0 Å². The predicted molar refractivity (Wildman–Crippen MR) is 68.2 cm³/mol. The van der Waals surface area contributed by atoms with Crippen molar-refractivity contribution in [2.45, 2.75) is 65.4 Å². The van der Waals surface area contributed by atoms with Crippen molar-refractivity contribution in [2.75, 3.05) is 0 Å². The van der Waals surface area contributed by atoms with E-state index in [2.05, 4.69) is 19.9 Å². The van der Waals surface area contributed by atoms with Gasteiger partial charge < -0.3 is 5.11 Å². The van der Waals surface area contributed by atoms with Crippen molar-refractivity contribution < 1.29 is 5.11 Å². The smallest absolute Gasteiger partial charge is 0.0620 e. The highest BCUT2D eigenvalue weighted by atomic mass is 16.3. The Balaban J connectivity index is 2.22. The Bertz CT molecular complexity index is 297. The molecule has 0 amide bonds. The molecule has 0 aromatic rings. The largest absolute Gasteiger partial charge is 0.390 e. The lowest BCUT2D eigenvalue weighted by atomic mass is 9.64. The van der Waals surface area contributed by atoms with Crippen molar-refractivity contribution in [1.82, 2.24) is 0 Å². The van der Waals surface area contributed by atoms with Crippen molar-refractivity contribution in [2.24, 2.45) is 17.3 Å². The Labute approximate surface area is 99.9 Å². The summed E-state index contributed by atoms with van der Waals surface area (Å²) in [7, 11) is 0. The van der Waals surface area contributed by atoms with Crippen molar-refractivity contribution in [1.29, 1.82) is 0 Å². The first-order chi connectivity index (χ1) is 7.36. The van der Waals surface area contributed by atoms with Crippen LogP contribution in [-0.2, 0) is 0 Å². The Morgan fingerprint density at radius 1 is 1.38 bits per heavy atom. The SMILES string of the molecule is CC1=CCC[C@@H](C)[C@]12CC[C@H](C(C)(C)O)C2. The van der Waals surface area contributed by atoms with Crippen LogP contribution in [0.4, 0.5) is 0 Å². The minimum absolute atomic E-state index is 0.420. The molecule has 0 bridgehead atoms. The summed E-state index contributed by atoms with van der Waals surface area (Å²) >= 11 is 0. The van der Waals surface area contributed by atoms with E-state index in [-0.39, 0.29) is 0 Å². The predicted octanol–water partition coefficient (Wildman–Crippen LogP) is 3.92. The molecule has 0 aromatic carbocycles. The average Bonchev–Trinajstić information content (AvgIpc) is 2.60. The lowest BCUT2D eigenvalue weighted by Crippen LogP contribution is -2.34. The van der Waals surface area contributed by atoms with Crippen LogP contribution in [0, 0.1) is 17.3 Å². The minimum Gasteiger partial charge on any atom is -0.390 e. The van der Waals surface area contributed by atoms with E-state index in [0.29, 0.717) is 11.3 Å². The summed E-state index contributed by atoms with van der Waals surface area (Å²) in [5.41, 5.74) is 1.52. The van der Waals surface area contributed by atoms with Crippen LogP contribution in [0.15, 0.2) is 11.6 Å². The fourth-order valence-electron chi connectivity index (χ4n) is 3.90. The van der Waals surface area contributed by atoms with Crippen LogP contribution in [0.5, 0.6) is 0 Å². The monoisotopic (exact) mass is 222 g/mol. The summed E-state index contributed by atoms with van der Waals surface area (Å²) < 4.78 is 0. The summed E-state index contributed by atoms with van der Waals surface area (Å²) in [6, 6.07) is 0. The zero-order valence-electron chi connectivity index (χ0n) is 11.2. The van der Waals surface area contributed by atoms with Crippen molar-refractivity contribution >= 4 is 0 Å². The van der Waals surface area contributed by atoms with E-state index in [1.165, 1.54) is 32.1 Å². The summed E-state index contributed by atoms with van der Waals surface area (Å²) in [6.07, 6.45) is 8.69. The Hall–Kier alpha value is -0.300. The fourth-order valence-corrected chi connectivity index (χ4v) is 3.90. The molecule has 0 unspecified atom stereocenters. The molecule has 1 spiro atoms. The van der Waals surface area contributed by atoms with Crippen molar-refractivity contribution in [3.63, 3.8) is 0 Å². The van der Waals surface area contributed by atoms with E-state index in [0.717, 1.165) is 5.92 Å². The van der Waals surface area contributed by atoms with Crippen LogP contribution < -0.4 is 0 Å². The van der Waals surface area contributed by atoms with Crippen molar-refractivity contribution in [3.8, 4) is 0 Å². The first-order valence-electron chi connectivity index (χ1n) is 6.76. The lowest BCUT2D eigenvalue weighted by Gasteiger charge is -2.41. The van der Waals surface area contributed by atoms with Gasteiger partial charge in [-0.25, -0.2) is 0 Å². The first kappa shape index (κ1) is 12.2. The molecule has 0 saturated heterocycles. The lowest BCUT2D eigenvalue weighted by molar-refractivity contribution is 0.0128. The number of allylic oxidation sites excluding steroid dienone is 2. The van der Waals surface area contributed by atoms with Gasteiger partial charge in [0.25, 0.3) is 0 Å². The number of hydrogen-bond donors (Lipinski definition) is 1. The summed E-state index contributed by atoms with van der Waals surface area (Å²) in [4.78, 5) is 0. The van der Waals surface area contributed by atoms with Crippen LogP contribution in [0.2, 0.25) is 0 Å². The molecule has 2 aliphatic rings. The molecule has 1 saturated carbocycles. The topological polar surface area (TPSA) is 20.2 Å². The van der Waals surface area contributed by atoms with Gasteiger partial charge in [0.1, 0.15) is 0 Å². The van der Waals surface area contributed by atoms with Crippen molar-refractivity contribution in [3.05, 3.63) is 11.6 Å². The van der Waals surface area contributed by atoms with Gasteiger partial charge in [0, 0.05) is 0 Å². The van der Waals surface area contributed by atoms with E-state index in [1.54, 1.807) is 5.57 Å². The molecule has 0 aromatic heterocycles. The van der Waals surface area contributed by atoms with Gasteiger partial charge in [0.15, 0.2) is 0 Å². The third-order valence-corrected chi connectivity index (χ3v) is 5.33. The maximum absolute atomic E-state index is 10.2. The third kappa shape index (κ3) is 1.84. The van der Waals surface area contributed by atoms with Gasteiger partial charge in [0.2, 0.25) is 0 Å². The van der Waals surface area contributed by atoms with Gasteiger partial charge in [-0.15, -0.1) is 0 Å². The first-order valence-corrected chi connectivity index (χ1v) is 6.76. The zero-order chi connectivity index (χ0) is 12.0. The molecule has 0 heterocycles. The Morgan fingerprint density at radius 3 is 2.56 bits per heavy atom. The van der Waals surface area contributed by atoms with E-state index in [9.17, 15) is 5.11 Å². The molecule has 1 N–H and O–H groups in total. The fraction of sp³-hybridized carbons (Fsp3) is 0.867. The molecule has 2 aliphatic carbocycles. The molecule has 0 radical (unpaired) electrons. The maximum Gasteiger partial charge on any atom is 0.0620 e. The molecule has 3 atom stereocenters. The van der Waals surface area contributed by atoms with Crippen LogP contribution in [0.3, 0.4) is 0 Å². The highest BCUT2D eigenvalue weighted by Gasteiger charge is 2.48. The number of rotatable bonds is 1. The molecular formula is C15H26O. The second-order valence-electron chi connectivity index (χ2n) is 6.62. The van der Waals surface area contributed by atoms with Gasteiger partial charge in [-0.3, -0.25) is 0 Å². The molecule has 1 nitrogen and oxygen atoms in total. The second-order valence-corrected chi connectivity index (χ2v) is 6.62. The molecule has 16 heavy (non-hydrogen) atoms. The van der Waals surface area contributed by atoms with Crippen LogP contribution in [0.25, 0.3) is 0 Å². The van der Waals surface area contributed by atoms with Crippen LogP contribution >= 0.6 is 0 Å². The standard InChI is InChI=1S/C15H26O/c1-11-6-5-7-12(2)15(11)9-8-13(10-15)14(3,4)16/h6,12-13,16H,5,7-10H2,1-4H3/t12-,13+,15+/m1/s1. The molecule has 2 rings (SSSR count). The maximum atomic E-state index is 10.2. The normalized spacial score (nSPS) is 40.2. The highest BCUT2D eigenvalue weighted by molar-refractivity contribution is 5.20. The molecule has 1 heteroatoms. The molecule has 1 fully saturated rings. The van der Waals surface area contributed by atoms with E-state index >= 15 is 0 Å². The Kier molecular flexibility index (Phi) is 2.94. The third-order valence-electron chi connectivity index (χ3n) is 5.33. The molecule has 92 valence electrons. The summed E-state index contributed by atoms with van der Waals surface area (Å²) in [5, 5.41) is 10.2. The summed E-state index contributed by atoms with van der Waals surface area (Å²) in [6.45, 7) is 8.66. The van der Waals surface area contributed by atoms with Gasteiger partial charge in [-0.05, 0) is 70.1 Å².